The zero-order chi connectivity index (χ0) is 20.3. The Hall–Kier alpha value is -0.870. The lowest BCUT2D eigenvalue weighted by Crippen LogP contribution is -2.54. The van der Waals surface area contributed by atoms with Gasteiger partial charge in [-0.1, -0.05) is 32.4 Å². The van der Waals surface area contributed by atoms with Crippen LogP contribution in [0.25, 0.3) is 0 Å². The Morgan fingerprint density at radius 1 is 1.14 bits per heavy atom. The normalized spacial score (nSPS) is 48.8. The van der Waals surface area contributed by atoms with Gasteiger partial charge in [-0.25, -0.2) is 0 Å². The van der Waals surface area contributed by atoms with E-state index in [1.54, 1.807) is 0 Å². The molecule has 9 atom stereocenters. The van der Waals surface area contributed by atoms with Gasteiger partial charge in [0.1, 0.15) is 0 Å². The van der Waals surface area contributed by atoms with E-state index in [1.165, 1.54) is 24.8 Å². The fourth-order valence-electron chi connectivity index (χ4n) is 8.16. The summed E-state index contributed by atoms with van der Waals surface area (Å²) >= 11 is 0. The van der Waals surface area contributed by atoms with E-state index in [2.05, 4.69) is 26.8 Å². The van der Waals surface area contributed by atoms with Gasteiger partial charge in [-0.05, 0) is 91.8 Å². The van der Waals surface area contributed by atoms with Crippen LogP contribution in [-0.2, 0) is 4.79 Å². The van der Waals surface area contributed by atoms with Crippen molar-refractivity contribution in [3.05, 3.63) is 11.6 Å². The lowest BCUT2D eigenvalue weighted by molar-refractivity contribution is -0.137. The van der Waals surface area contributed by atoms with Crippen LogP contribution >= 0.6 is 0 Å². The first-order valence-corrected chi connectivity index (χ1v) is 11.5. The molecule has 0 aliphatic heterocycles. The number of carboxylic acids is 1. The standard InChI is InChI=1S/C24H38O4/c1-14(4-7-21(27)28)17-5-6-18-22-19(9-11-24(17,18)3)23(2)10-8-16(25)12-15(23)13-20(22)26/h13-14,16-20,22,25-26H,4-12H2,1-3H3,(H,27,28)/t14-,16-,17?,18?,19?,20+,22?,23+,24-/m1/s1. The molecule has 0 aromatic heterocycles. The number of hydrogen-bond acceptors (Lipinski definition) is 3. The SMILES string of the molecule is C[C@H](CCC(=O)O)C1CCC2C3C(CC[C@@]21C)[C@@]1(C)CC[C@@H](O)CC1=C[C@@H]3O. The molecule has 0 aromatic carbocycles. The van der Waals surface area contributed by atoms with Crippen molar-refractivity contribution in [2.24, 2.45) is 40.4 Å². The number of rotatable bonds is 4. The Kier molecular flexibility index (Phi) is 5.19. The fraction of sp³-hybridized carbons (Fsp3) is 0.875. The summed E-state index contributed by atoms with van der Waals surface area (Å²) in [5.41, 5.74) is 1.65. The maximum atomic E-state index is 11.2. The predicted molar refractivity (Wildman–Crippen MR) is 109 cm³/mol. The smallest absolute Gasteiger partial charge is 0.303 e. The molecular weight excluding hydrogens is 352 g/mol. The van der Waals surface area contributed by atoms with Gasteiger partial charge in [-0.3, -0.25) is 4.79 Å². The van der Waals surface area contributed by atoms with Crippen LogP contribution in [0.4, 0.5) is 0 Å². The van der Waals surface area contributed by atoms with Crippen LogP contribution in [0.3, 0.4) is 0 Å². The third kappa shape index (κ3) is 3.06. The van der Waals surface area contributed by atoms with Crippen LogP contribution in [0, 0.1) is 40.4 Å². The number of hydrogen-bond donors (Lipinski definition) is 3. The monoisotopic (exact) mass is 390 g/mol. The molecule has 0 radical (unpaired) electrons. The first kappa shape index (κ1) is 20.4. The van der Waals surface area contributed by atoms with Crippen LogP contribution in [0.15, 0.2) is 11.6 Å². The summed E-state index contributed by atoms with van der Waals surface area (Å²) in [5, 5.41) is 30.4. The minimum absolute atomic E-state index is 0.136. The molecular formula is C24H38O4. The van der Waals surface area contributed by atoms with E-state index in [0.717, 1.165) is 32.1 Å². The van der Waals surface area contributed by atoms with Crippen molar-refractivity contribution < 1.29 is 20.1 Å². The highest BCUT2D eigenvalue weighted by Gasteiger charge is 2.61. The summed E-state index contributed by atoms with van der Waals surface area (Å²) in [5.74, 6) is 1.66. The van der Waals surface area contributed by atoms with E-state index in [9.17, 15) is 15.0 Å². The van der Waals surface area contributed by atoms with E-state index in [0.29, 0.717) is 29.6 Å². The molecule has 0 bridgehead atoms. The van der Waals surface area contributed by atoms with E-state index >= 15 is 0 Å². The van der Waals surface area contributed by atoms with Gasteiger partial charge < -0.3 is 15.3 Å². The second-order valence-electron chi connectivity index (χ2n) is 10.9. The first-order chi connectivity index (χ1) is 13.2. The van der Waals surface area contributed by atoms with Crippen molar-refractivity contribution in [3.63, 3.8) is 0 Å². The lowest BCUT2D eigenvalue weighted by Gasteiger charge is -2.59. The summed E-state index contributed by atoms with van der Waals surface area (Å²) in [7, 11) is 0. The molecule has 4 rings (SSSR count). The van der Waals surface area contributed by atoms with Gasteiger partial charge in [-0.15, -0.1) is 0 Å². The van der Waals surface area contributed by atoms with Gasteiger partial charge in [0.15, 0.2) is 0 Å². The van der Waals surface area contributed by atoms with Crippen molar-refractivity contribution in [1.82, 2.24) is 0 Å². The molecule has 158 valence electrons. The molecule has 3 saturated carbocycles. The average molecular weight is 391 g/mol. The van der Waals surface area contributed by atoms with Crippen LogP contribution in [0.2, 0.25) is 0 Å². The molecule has 4 unspecified atom stereocenters. The Labute approximate surface area is 169 Å². The summed E-state index contributed by atoms with van der Waals surface area (Å²) in [6.45, 7) is 7.06. The molecule has 0 aromatic rings. The topological polar surface area (TPSA) is 77.8 Å². The minimum Gasteiger partial charge on any atom is -0.481 e. The Bertz CT molecular complexity index is 657. The van der Waals surface area contributed by atoms with Gasteiger partial charge in [-0.2, -0.15) is 0 Å². The predicted octanol–water partition coefficient (Wildman–Crippen LogP) is 4.40. The maximum absolute atomic E-state index is 11.2. The van der Waals surface area contributed by atoms with Gasteiger partial charge in [0.25, 0.3) is 0 Å². The highest BCUT2D eigenvalue weighted by atomic mass is 16.4. The van der Waals surface area contributed by atoms with Gasteiger partial charge in [0.05, 0.1) is 12.2 Å². The second kappa shape index (κ2) is 7.12. The highest BCUT2D eigenvalue weighted by molar-refractivity contribution is 5.66. The molecule has 0 amide bonds. The number of aliphatic hydroxyl groups is 2. The Morgan fingerprint density at radius 2 is 1.89 bits per heavy atom. The van der Waals surface area contributed by atoms with Crippen molar-refractivity contribution in [3.8, 4) is 0 Å². The van der Waals surface area contributed by atoms with E-state index in [-0.39, 0.29) is 23.4 Å². The highest BCUT2D eigenvalue weighted by Crippen LogP contribution is 2.67. The van der Waals surface area contributed by atoms with E-state index < -0.39 is 12.1 Å². The quantitative estimate of drug-likeness (QED) is 0.622. The van der Waals surface area contributed by atoms with Crippen molar-refractivity contribution in [2.45, 2.75) is 90.8 Å². The van der Waals surface area contributed by atoms with Gasteiger partial charge in [0, 0.05) is 6.42 Å². The summed E-state index contributed by atoms with van der Waals surface area (Å²) in [4.78, 5) is 11.0. The summed E-state index contributed by atoms with van der Waals surface area (Å²) in [6.07, 6.45) is 9.82. The maximum Gasteiger partial charge on any atom is 0.303 e. The molecule has 4 aliphatic rings. The zero-order valence-electron chi connectivity index (χ0n) is 17.7. The van der Waals surface area contributed by atoms with E-state index in [1.807, 2.05) is 0 Å². The molecule has 3 N–H and O–H groups in total. The van der Waals surface area contributed by atoms with Crippen molar-refractivity contribution >= 4 is 5.97 Å². The largest absolute Gasteiger partial charge is 0.481 e. The van der Waals surface area contributed by atoms with Gasteiger partial charge in [0.2, 0.25) is 0 Å². The Morgan fingerprint density at radius 3 is 2.61 bits per heavy atom. The van der Waals surface area contributed by atoms with Crippen molar-refractivity contribution in [1.29, 1.82) is 0 Å². The molecule has 4 nitrogen and oxygen atoms in total. The van der Waals surface area contributed by atoms with Crippen molar-refractivity contribution in [2.75, 3.05) is 0 Å². The number of carboxylic acid groups (broad SMARTS) is 1. The van der Waals surface area contributed by atoms with Crippen LogP contribution in [0.5, 0.6) is 0 Å². The number of fused-ring (bicyclic) bond motifs is 5. The van der Waals surface area contributed by atoms with Crippen LogP contribution < -0.4 is 0 Å². The molecule has 3 fully saturated rings. The minimum atomic E-state index is -0.692. The third-order valence-corrected chi connectivity index (χ3v) is 9.68. The molecule has 0 spiro atoms. The fourth-order valence-corrected chi connectivity index (χ4v) is 8.16. The van der Waals surface area contributed by atoms with Gasteiger partial charge >= 0.3 is 5.97 Å². The van der Waals surface area contributed by atoms with Crippen LogP contribution in [-0.4, -0.2) is 33.5 Å². The lowest BCUT2D eigenvalue weighted by atomic mass is 9.46. The second-order valence-corrected chi connectivity index (χ2v) is 10.9. The molecule has 4 aliphatic carbocycles. The molecule has 0 heterocycles. The average Bonchev–Trinajstić information content (AvgIpc) is 2.98. The molecule has 0 saturated heterocycles. The van der Waals surface area contributed by atoms with E-state index in [4.69, 9.17) is 5.11 Å². The summed E-state index contributed by atoms with van der Waals surface area (Å²) < 4.78 is 0. The summed E-state index contributed by atoms with van der Waals surface area (Å²) in [6, 6.07) is 0. The molecule has 4 heteroatoms. The molecule has 28 heavy (non-hydrogen) atoms. The Balaban J connectivity index is 1.59. The number of aliphatic hydroxyl groups excluding tert-OH is 2. The number of carbonyl (C=O) groups is 1. The zero-order valence-corrected chi connectivity index (χ0v) is 17.7. The number of aliphatic carboxylic acids is 1. The first-order valence-electron chi connectivity index (χ1n) is 11.5. The van der Waals surface area contributed by atoms with Crippen LogP contribution in [0.1, 0.15) is 78.6 Å². The third-order valence-electron chi connectivity index (χ3n) is 9.68.